The molecule has 1 N–H and O–H groups in total. The minimum atomic E-state index is -3.41. The first-order chi connectivity index (χ1) is 10.7. The van der Waals surface area contributed by atoms with Gasteiger partial charge in [-0.15, -0.1) is 0 Å². The Hall–Kier alpha value is -1.76. The van der Waals surface area contributed by atoms with Crippen molar-refractivity contribution in [3.63, 3.8) is 0 Å². The second-order valence-corrected chi connectivity index (χ2v) is 7.21. The molecule has 0 radical (unpaired) electrons. The lowest BCUT2D eigenvalue weighted by Crippen LogP contribution is -2.34. The zero-order valence-corrected chi connectivity index (χ0v) is 13.1. The molecule has 1 aliphatic rings. The van der Waals surface area contributed by atoms with Crippen molar-refractivity contribution in [3.8, 4) is 11.1 Å². The molecule has 1 aromatic carbocycles. The van der Waals surface area contributed by atoms with Gasteiger partial charge in [-0.25, -0.2) is 8.42 Å². The third-order valence-corrected chi connectivity index (χ3v) is 5.70. The Morgan fingerprint density at radius 2 is 1.82 bits per heavy atom. The zero-order chi connectivity index (χ0) is 15.4. The van der Waals surface area contributed by atoms with E-state index in [1.54, 1.807) is 28.8 Å². The van der Waals surface area contributed by atoms with E-state index in [0.29, 0.717) is 24.5 Å². The number of benzene rings is 1. The van der Waals surface area contributed by atoms with Gasteiger partial charge in [0.2, 0.25) is 10.0 Å². The standard InChI is InChI=1S/C16H19N3O2S/c20-22(21,19-11-2-9-17-10-12-19)16-6-4-14(5-7-16)15-3-1-8-18-13-15/h1,3-8,13,17H,2,9-12H2. The van der Waals surface area contributed by atoms with Crippen LogP contribution in [-0.4, -0.2) is 43.9 Å². The third kappa shape index (κ3) is 3.19. The number of aromatic nitrogens is 1. The van der Waals surface area contributed by atoms with Crippen LogP contribution in [0.15, 0.2) is 53.7 Å². The number of hydrogen-bond acceptors (Lipinski definition) is 4. The first-order valence-corrected chi connectivity index (χ1v) is 8.83. The SMILES string of the molecule is O=S(=O)(c1ccc(-c2cccnc2)cc1)N1CCCNCC1. The molecule has 0 spiro atoms. The van der Waals surface area contributed by atoms with E-state index in [2.05, 4.69) is 10.3 Å². The topological polar surface area (TPSA) is 62.3 Å². The predicted molar refractivity (Wildman–Crippen MR) is 85.9 cm³/mol. The van der Waals surface area contributed by atoms with Gasteiger partial charge in [0.1, 0.15) is 0 Å². The van der Waals surface area contributed by atoms with Gasteiger partial charge in [-0.05, 0) is 42.3 Å². The van der Waals surface area contributed by atoms with E-state index in [4.69, 9.17) is 0 Å². The van der Waals surface area contributed by atoms with E-state index in [-0.39, 0.29) is 0 Å². The lowest BCUT2D eigenvalue weighted by molar-refractivity contribution is 0.432. The maximum Gasteiger partial charge on any atom is 0.243 e. The average molecular weight is 317 g/mol. The van der Waals surface area contributed by atoms with Crippen molar-refractivity contribution in [2.45, 2.75) is 11.3 Å². The van der Waals surface area contributed by atoms with Gasteiger partial charge >= 0.3 is 0 Å². The molecular formula is C16H19N3O2S. The summed E-state index contributed by atoms with van der Waals surface area (Å²) in [6, 6.07) is 10.8. The number of pyridine rings is 1. The molecule has 2 aromatic rings. The monoisotopic (exact) mass is 317 g/mol. The highest BCUT2D eigenvalue weighted by Crippen LogP contribution is 2.22. The van der Waals surface area contributed by atoms with Crippen LogP contribution in [0.5, 0.6) is 0 Å². The Morgan fingerprint density at radius 3 is 2.55 bits per heavy atom. The van der Waals surface area contributed by atoms with E-state index in [1.807, 2.05) is 24.3 Å². The summed E-state index contributed by atoms with van der Waals surface area (Å²) < 4.78 is 26.9. The molecule has 3 rings (SSSR count). The molecule has 1 aliphatic heterocycles. The van der Waals surface area contributed by atoms with Crippen molar-refractivity contribution < 1.29 is 8.42 Å². The highest BCUT2D eigenvalue weighted by Gasteiger charge is 2.24. The maximum absolute atomic E-state index is 12.7. The maximum atomic E-state index is 12.7. The van der Waals surface area contributed by atoms with Crippen LogP contribution in [0.3, 0.4) is 0 Å². The zero-order valence-electron chi connectivity index (χ0n) is 12.3. The minimum Gasteiger partial charge on any atom is -0.315 e. The molecule has 0 unspecified atom stereocenters. The fourth-order valence-electron chi connectivity index (χ4n) is 2.56. The van der Waals surface area contributed by atoms with Crippen molar-refractivity contribution in [2.24, 2.45) is 0 Å². The normalized spacial score (nSPS) is 17.1. The molecule has 0 saturated carbocycles. The van der Waals surface area contributed by atoms with Crippen molar-refractivity contribution >= 4 is 10.0 Å². The minimum absolute atomic E-state index is 0.349. The van der Waals surface area contributed by atoms with Crippen LogP contribution < -0.4 is 5.32 Å². The van der Waals surface area contributed by atoms with Crippen LogP contribution in [0, 0.1) is 0 Å². The second kappa shape index (κ2) is 6.56. The van der Waals surface area contributed by atoms with Gasteiger partial charge in [-0.1, -0.05) is 18.2 Å². The fraction of sp³-hybridized carbons (Fsp3) is 0.312. The summed E-state index contributed by atoms with van der Waals surface area (Å²) in [6.45, 7) is 2.66. The molecule has 1 aromatic heterocycles. The third-order valence-electron chi connectivity index (χ3n) is 3.79. The summed E-state index contributed by atoms with van der Waals surface area (Å²) in [4.78, 5) is 4.43. The molecule has 2 heterocycles. The van der Waals surface area contributed by atoms with Crippen LogP contribution in [0.1, 0.15) is 6.42 Å². The van der Waals surface area contributed by atoms with Gasteiger partial charge in [0.25, 0.3) is 0 Å². The molecule has 0 bridgehead atoms. The summed E-state index contributed by atoms with van der Waals surface area (Å²) >= 11 is 0. The van der Waals surface area contributed by atoms with Crippen LogP contribution in [0.4, 0.5) is 0 Å². The van der Waals surface area contributed by atoms with Gasteiger partial charge in [0.15, 0.2) is 0 Å². The first-order valence-electron chi connectivity index (χ1n) is 7.39. The quantitative estimate of drug-likeness (QED) is 0.936. The molecule has 0 aliphatic carbocycles. The van der Waals surface area contributed by atoms with Gasteiger partial charge in [-0.3, -0.25) is 4.98 Å². The molecule has 0 atom stereocenters. The smallest absolute Gasteiger partial charge is 0.243 e. The summed E-state index contributed by atoms with van der Waals surface area (Å²) in [6.07, 6.45) is 4.33. The number of nitrogens with zero attached hydrogens (tertiary/aromatic N) is 2. The van der Waals surface area contributed by atoms with E-state index in [9.17, 15) is 8.42 Å². The second-order valence-electron chi connectivity index (χ2n) is 5.27. The van der Waals surface area contributed by atoms with Crippen LogP contribution in [-0.2, 0) is 10.0 Å². The van der Waals surface area contributed by atoms with Crippen LogP contribution in [0.25, 0.3) is 11.1 Å². The van der Waals surface area contributed by atoms with Crippen LogP contribution >= 0.6 is 0 Å². The van der Waals surface area contributed by atoms with E-state index in [1.165, 1.54) is 0 Å². The number of hydrogen-bond donors (Lipinski definition) is 1. The lowest BCUT2D eigenvalue weighted by atomic mass is 10.1. The first kappa shape index (κ1) is 15.1. The number of nitrogens with one attached hydrogen (secondary N) is 1. The highest BCUT2D eigenvalue weighted by molar-refractivity contribution is 7.89. The Kier molecular flexibility index (Phi) is 4.52. The summed E-state index contributed by atoms with van der Waals surface area (Å²) in [7, 11) is -3.41. The Labute approximate surface area is 131 Å². The molecular weight excluding hydrogens is 298 g/mol. The van der Waals surface area contributed by atoms with E-state index < -0.39 is 10.0 Å². The van der Waals surface area contributed by atoms with Crippen molar-refractivity contribution in [2.75, 3.05) is 26.2 Å². The van der Waals surface area contributed by atoms with Crippen molar-refractivity contribution in [1.29, 1.82) is 0 Å². The van der Waals surface area contributed by atoms with E-state index in [0.717, 1.165) is 24.1 Å². The number of sulfonamides is 1. The lowest BCUT2D eigenvalue weighted by Gasteiger charge is -2.19. The summed E-state index contributed by atoms with van der Waals surface area (Å²) in [5.74, 6) is 0. The Morgan fingerprint density at radius 1 is 1.00 bits per heavy atom. The Bertz CT molecular complexity index is 707. The van der Waals surface area contributed by atoms with Crippen molar-refractivity contribution in [3.05, 3.63) is 48.8 Å². The fourth-order valence-corrected chi connectivity index (χ4v) is 4.04. The Balaban J connectivity index is 1.85. The predicted octanol–water partition coefficient (Wildman–Crippen LogP) is 1.73. The molecule has 1 fully saturated rings. The molecule has 6 heteroatoms. The average Bonchev–Trinajstić information content (AvgIpc) is 2.86. The van der Waals surface area contributed by atoms with Gasteiger partial charge in [0.05, 0.1) is 4.90 Å². The van der Waals surface area contributed by atoms with Gasteiger partial charge in [-0.2, -0.15) is 4.31 Å². The molecule has 22 heavy (non-hydrogen) atoms. The molecule has 0 amide bonds. The van der Waals surface area contributed by atoms with Crippen LogP contribution in [0.2, 0.25) is 0 Å². The largest absolute Gasteiger partial charge is 0.315 e. The molecule has 5 nitrogen and oxygen atoms in total. The molecule has 1 saturated heterocycles. The summed E-state index contributed by atoms with van der Waals surface area (Å²) in [5.41, 5.74) is 1.94. The highest BCUT2D eigenvalue weighted by atomic mass is 32.2. The van der Waals surface area contributed by atoms with Gasteiger partial charge in [0, 0.05) is 32.0 Å². The van der Waals surface area contributed by atoms with E-state index >= 15 is 0 Å². The molecule has 116 valence electrons. The number of rotatable bonds is 3. The van der Waals surface area contributed by atoms with Crippen molar-refractivity contribution in [1.82, 2.24) is 14.6 Å². The van der Waals surface area contributed by atoms with Gasteiger partial charge < -0.3 is 5.32 Å². The summed E-state index contributed by atoms with van der Waals surface area (Å²) in [5, 5.41) is 3.22.